The highest BCUT2D eigenvalue weighted by Gasteiger charge is 2.52. The van der Waals surface area contributed by atoms with Gasteiger partial charge in [0.25, 0.3) is 0 Å². The summed E-state index contributed by atoms with van der Waals surface area (Å²) in [6.45, 7) is 11.4. The quantitative estimate of drug-likeness (QED) is 0.0457. The summed E-state index contributed by atoms with van der Waals surface area (Å²) in [5.74, 6) is 1.02. The summed E-state index contributed by atoms with van der Waals surface area (Å²) in [5, 5.41) is 40.7. The number of rotatable bonds is 19. The summed E-state index contributed by atoms with van der Waals surface area (Å²) in [6.07, 6.45) is -1.18. The first-order chi connectivity index (χ1) is 41.3. The minimum atomic E-state index is -2.23. The van der Waals surface area contributed by atoms with Gasteiger partial charge in [-0.15, -0.1) is 23.5 Å². The molecule has 2 aliphatic heterocycles. The predicted octanol–water partition coefficient (Wildman–Crippen LogP) is 16.6. The van der Waals surface area contributed by atoms with Crippen LogP contribution in [0.3, 0.4) is 0 Å². The first-order valence-corrected chi connectivity index (χ1v) is 33.4. The molecule has 2 fully saturated rings. The number of amides is 2. The maximum atomic E-state index is 14.2. The number of benzene rings is 9. The van der Waals surface area contributed by atoms with Gasteiger partial charge in [0.1, 0.15) is 51.7 Å². The van der Waals surface area contributed by atoms with Gasteiger partial charge in [-0.05, 0) is 142 Å². The van der Waals surface area contributed by atoms with E-state index in [1.165, 1.54) is 48.2 Å². The van der Waals surface area contributed by atoms with Gasteiger partial charge in [0, 0.05) is 34.0 Å². The Morgan fingerprint density at radius 1 is 0.523 bits per heavy atom. The monoisotopic (exact) mass is 1210 g/mol. The average Bonchev–Trinajstić information content (AvgIpc) is 0.922. The number of hydrogen-bond acceptors (Lipinski definition) is 10. The zero-order valence-corrected chi connectivity index (χ0v) is 51.0. The van der Waals surface area contributed by atoms with Gasteiger partial charge in [0.15, 0.2) is 8.32 Å². The third kappa shape index (κ3) is 13.9. The molecule has 2 saturated heterocycles. The van der Waals surface area contributed by atoms with Gasteiger partial charge in [0.05, 0.1) is 24.3 Å². The van der Waals surface area contributed by atoms with Crippen molar-refractivity contribution in [1.82, 2.24) is 0 Å². The Morgan fingerprint density at radius 3 is 1.48 bits per heavy atom. The SMILES string of the molecule is CC(C)(C)[Si](C)(C)O[C@@H](CS[C@H]1C(=O)N(c2ccccc2)[C@@H]1c1ccc(-c2cccc(O)c2)cc1OCc1ccccc1)c1ccc(F)cc1.O=C1[C@H](SC[C@H](O)c2ccc(F)cc2)[C@@H](c2ccc(-c3cccc(O)c3)cc2O)N1c1ccccc1. The van der Waals surface area contributed by atoms with Crippen molar-refractivity contribution in [2.45, 2.75) is 80.3 Å². The van der Waals surface area contributed by atoms with E-state index >= 15 is 0 Å². The zero-order valence-electron chi connectivity index (χ0n) is 48.3. The summed E-state index contributed by atoms with van der Waals surface area (Å²) in [7, 11) is -2.23. The molecule has 15 heteroatoms. The van der Waals surface area contributed by atoms with Crippen LogP contribution in [0, 0.1) is 11.6 Å². The Balaban J connectivity index is 0.000000201. The van der Waals surface area contributed by atoms with Gasteiger partial charge in [-0.1, -0.05) is 160 Å². The average molecular weight is 1210 g/mol. The number of carbonyl (C=O) groups is 2. The van der Waals surface area contributed by atoms with Crippen LogP contribution in [0.2, 0.25) is 18.1 Å². The minimum Gasteiger partial charge on any atom is -0.508 e. The Hall–Kier alpha value is -8.18. The molecule has 2 heterocycles. The number of nitrogens with zero attached hydrogens (tertiary/aromatic N) is 2. The third-order valence-electron chi connectivity index (χ3n) is 16.0. The fraction of sp³-hybridized carbons (Fsp3) is 0.211. The third-order valence-corrected chi connectivity index (χ3v) is 23.2. The van der Waals surface area contributed by atoms with Crippen molar-refractivity contribution in [2.24, 2.45) is 0 Å². The van der Waals surface area contributed by atoms with Crippen molar-refractivity contribution in [1.29, 1.82) is 0 Å². The Bertz CT molecular complexity index is 3780. The second-order valence-corrected chi connectivity index (χ2v) is 30.0. The second kappa shape index (κ2) is 26.6. The first-order valence-electron chi connectivity index (χ1n) is 28.4. The summed E-state index contributed by atoms with van der Waals surface area (Å²) in [6, 6.07) is 65.7. The molecule has 86 heavy (non-hydrogen) atoms. The van der Waals surface area contributed by atoms with Gasteiger partial charge >= 0.3 is 0 Å². The summed E-state index contributed by atoms with van der Waals surface area (Å²) >= 11 is 2.89. The van der Waals surface area contributed by atoms with Crippen LogP contribution in [0.15, 0.2) is 224 Å². The summed E-state index contributed by atoms with van der Waals surface area (Å²) in [5.41, 5.74) is 8.79. The molecule has 2 amide bonds. The van der Waals surface area contributed by atoms with Crippen molar-refractivity contribution in [3.8, 4) is 45.3 Å². The lowest BCUT2D eigenvalue weighted by atomic mass is 9.90. The zero-order chi connectivity index (χ0) is 60.7. The van der Waals surface area contributed by atoms with Crippen LogP contribution in [-0.2, 0) is 20.6 Å². The Morgan fingerprint density at radius 2 is 0.977 bits per heavy atom. The maximum Gasteiger partial charge on any atom is 0.243 e. The number of ether oxygens (including phenoxy) is 1. The molecule has 0 aromatic heterocycles. The number of β-lactam (4-membered cyclic amide) rings is 2. The van der Waals surface area contributed by atoms with Crippen molar-refractivity contribution >= 4 is 55.0 Å². The molecule has 10 nitrogen and oxygen atoms in total. The summed E-state index contributed by atoms with van der Waals surface area (Å²) in [4.78, 5) is 30.9. The second-order valence-electron chi connectivity index (χ2n) is 22.9. The molecule has 4 N–H and O–H groups in total. The molecule has 0 radical (unpaired) electrons. The molecule has 0 saturated carbocycles. The van der Waals surface area contributed by atoms with Crippen LogP contribution in [0.4, 0.5) is 20.2 Å². The number of aliphatic hydroxyl groups is 1. The number of anilines is 2. The van der Waals surface area contributed by atoms with Crippen LogP contribution in [0.25, 0.3) is 22.3 Å². The number of phenols is 3. The minimum absolute atomic E-state index is 0.0162. The maximum absolute atomic E-state index is 14.2. The van der Waals surface area contributed by atoms with Crippen LogP contribution >= 0.6 is 23.5 Å². The molecule has 9 aromatic rings. The molecular weight excluding hydrogens is 1140 g/mol. The molecular formula is C71H68F2N2O8S2Si. The standard InChI is InChI=1S/C42H44FNO4SSi.C29H24FNO4S/c1-42(2,3)50(4,5)48-38(30-19-22-33(43)23-20-30)28-49-40-39(44(41(40)46)34-16-10-7-11-17-34)36-24-21-32(31-15-12-18-35(45)25-31)26-37(36)47-27-29-13-8-6-9-14-29;30-21-12-9-18(10-13-21)26(34)17-36-28-27(31(29(28)35)22-6-2-1-3-7-22)24-14-11-20(16-25(24)33)19-5-4-8-23(32)15-19/h6-26,38-40,45H,27-28H2,1-5H3;1-16,26-28,32-34H,17H2/t38-,39+,40+;26-,27+,28+/m00/s1. The van der Waals surface area contributed by atoms with E-state index in [1.807, 2.05) is 138 Å². The van der Waals surface area contributed by atoms with Gasteiger partial charge in [-0.25, -0.2) is 8.78 Å². The van der Waals surface area contributed by atoms with E-state index in [-0.39, 0.29) is 63.6 Å². The number of para-hydroxylation sites is 2. The van der Waals surface area contributed by atoms with Crippen LogP contribution in [0.5, 0.6) is 23.0 Å². The fourth-order valence-corrected chi connectivity index (χ4v) is 14.4. The van der Waals surface area contributed by atoms with Crippen molar-refractivity contribution in [2.75, 3.05) is 21.3 Å². The molecule has 0 aliphatic carbocycles. The highest BCUT2D eigenvalue weighted by atomic mass is 32.2. The molecule has 6 atom stereocenters. The van der Waals surface area contributed by atoms with E-state index in [0.717, 1.165) is 50.3 Å². The Kier molecular flexibility index (Phi) is 18.9. The lowest BCUT2D eigenvalue weighted by molar-refractivity contribution is -0.124. The van der Waals surface area contributed by atoms with Crippen molar-refractivity contribution < 1.29 is 48.0 Å². The van der Waals surface area contributed by atoms with Gasteiger partial charge in [-0.3, -0.25) is 9.59 Å². The van der Waals surface area contributed by atoms with E-state index in [2.05, 4.69) is 33.9 Å². The first kappa shape index (κ1) is 60.9. The number of hydrogen-bond donors (Lipinski definition) is 4. The van der Waals surface area contributed by atoms with E-state index < -0.39 is 31.0 Å². The van der Waals surface area contributed by atoms with Crippen molar-refractivity contribution in [3.05, 3.63) is 264 Å². The fourth-order valence-electron chi connectivity index (χ4n) is 10.3. The molecule has 0 spiro atoms. The molecule has 0 bridgehead atoms. The number of phenolic OH excluding ortho intramolecular Hbond substituents is 3. The smallest absolute Gasteiger partial charge is 0.243 e. The topological polar surface area (TPSA) is 140 Å². The highest BCUT2D eigenvalue weighted by molar-refractivity contribution is 8.01. The van der Waals surface area contributed by atoms with E-state index in [4.69, 9.17) is 9.16 Å². The molecule has 2 aliphatic rings. The predicted molar refractivity (Wildman–Crippen MR) is 344 cm³/mol. The number of halogens is 2. The number of thioether (sulfide) groups is 2. The van der Waals surface area contributed by atoms with Crippen LogP contribution < -0.4 is 14.5 Å². The highest BCUT2D eigenvalue weighted by Crippen LogP contribution is 2.52. The summed E-state index contributed by atoms with van der Waals surface area (Å²) < 4.78 is 40.8. The van der Waals surface area contributed by atoms with E-state index in [9.17, 15) is 38.8 Å². The van der Waals surface area contributed by atoms with Gasteiger partial charge < -0.3 is 39.4 Å². The largest absolute Gasteiger partial charge is 0.508 e. The lowest BCUT2D eigenvalue weighted by Crippen LogP contribution is -2.58. The normalized spacial score (nSPS) is 17.4. The molecule has 440 valence electrons. The van der Waals surface area contributed by atoms with Gasteiger partial charge in [0.2, 0.25) is 11.8 Å². The van der Waals surface area contributed by atoms with Gasteiger partial charge in [-0.2, -0.15) is 0 Å². The molecule has 9 aromatic carbocycles. The number of aromatic hydroxyl groups is 3. The number of carbonyl (C=O) groups excluding carboxylic acids is 2. The molecule has 11 rings (SSSR count). The Labute approximate surface area is 510 Å². The van der Waals surface area contributed by atoms with E-state index in [0.29, 0.717) is 29.2 Å². The van der Waals surface area contributed by atoms with Crippen LogP contribution in [0.1, 0.15) is 72.9 Å². The van der Waals surface area contributed by atoms with E-state index in [1.54, 1.807) is 71.3 Å². The lowest BCUT2D eigenvalue weighted by Gasteiger charge is -2.48. The van der Waals surface area contributed by atoms with Crippen molar-refractivity contribution in [3.63, 3.8) is 0 Å². The van der Waals surface area contributed by atoms with Crippen LogP contribution in [-0.4, -0.2) is 62.6 Å². The molecule has 0 unspecified atom stereocenters. The number of aliphatic hydroxyl groups excluding tert-OH is 1.